The van der Waals surface area contributed by atoms with E-state index in [9.17, 15) is 16.8 Å². The van der Waals surface area contributed by atoms with Crippen LogP contribution in [0.4, 0.5) is 0 Å². The van der Waals surface area contributed by atoms with Crippen molar-refractivity contribution in [3.05, 3.63) is 29.8 Å². The Bertz CT molecular complexity index is 667. The number of hydrogen-bond acceptors (Lipinski definition) is 4. The summed E-state index contributed by atoms with van der Waals surface area (Å²) in [5, 5.41) is 0. The van der Waals surface area contributed by atoms with Crippen molar-refractivity contribution in [3.63, 3.8) is 0 Å². The van der Waals surface area contributed by atoms with E-state index >= 15 is 0 Å². The Morgan fingerprint density at radius 3 is 2.29 bits per heavy atom. The molecule has 0 bridgehead atoms. The van der Waals surface area contributed by atoms with E-state index in [1.54, 1.807) is 18.2 Å². The minimum atomic E-state index is -3.59. The fraction of sp³-hybridized carbons (Fsp3) is 0.538. The summed E-state index contributed by atoms with van der Waals surface area (Å²) in [6, 6.07) is 6.39. The molecular weight excluding hydrogens is 312 g/mol. The summed E-state index contributed by atoms with van der Waals surface area (Å²) in [5.41, 5.74) is 0.436. The summed E-state index contributed by atoms with van der Waals surface area (Å²) in [6.07, 6.45) is 1.36. The highest BCUT2D eigenvalue weighted by molar-refractivity contribution is 7.89. The molecule has 8 heteroatoms. The number of benzene rings is 1. The van der Waals surface area contributed by atoms with Crippen LogP contribution in [0.25, 0.3) is 0 Å². The summed E-state index contributed by atoms with van der Waals surface area (Å²) in [4.78, 5) is 0.119. The van der Waals surface area contributed by atoms with Gasteiger partial charge in [0, 0.05) is 20.6 Å². The number of hydrogen-bond donors (Lipinski definition) is 1. The predicted molar refractivity (Wildman–Crippen MR) is 82.8 cm³/mol. The summed E-state index contributed by atoms with van der Waals surface area (Å²) in [7, 11) is -4.09. The van der Waals surface area contributed by atoms with E-state index in [-0.39, 0.29) is 17.2 Å². The molecule has 0 aliphatic carbocycles. The molecule has 0 amide bonds. The van der Waals surface area contributed by atoms with Gasteiger partial charge in [0.2, 0.25) is 20.0 Å². The van der Waals surface area contributed by atoms with Gasteiger partial charge in [-0.3, -0.25) is 0 Å². The van der Waals surface area contributed by atoms with Gasteiger partial charge < -0.3 is 0 Å². The van der Waals surface area contributed by atoms with Gasteiger partial charge in [0.15, 0.2) is 0 Å². The molecule has 0 atom stereocenters. The van der Waals surface area contributed by atoms with Crippen molar-refractivity contribution >= 4 is 20.0 Å². The normalized spacial score (nSPS) is 12.8. The molecular formula is C13H22N2O4S2. The maximum atomic E-state index is 12.2. The Labute approximate surface area is 127 Å². The minimum Gasteiger partial charge on any atom is -0.212 e. The van der Waals surface area contributed by atoms with E-state index in [0.29, 0.717) is 12.0 Å². The first kappa shape index (κ1) is 18.1. The zero-order valence-corrected chi connectivity index (χ0v) is 14.2. The maximum Gasteiger partial charge on any atom is 0.242 e. The number of unbranched alkanes of at least 4 members (excludes halogenated alkanes) is 1. The average molecular weight is 334 g/mol. The molecule has 21 heavy (non-hydrogen) atoms. The van der Waals surface area contributed by atoms with E-state index in [0.717, 1.165) is 10.7 Å². The first-order valence-corrected chi connectivity index (χ1v) is 9.77. The highest BCUT2D eigenvalue weighted by Gasteiger charge is 2.21. The molecule has 0 unspecified atom stereocenters. The average Bonchev–Trinajstić information content (AvgIpc) is 2.43. The molecule has 1 aromatic carbocycles. The van der Waals surface area contributed by atoms with E-state index < -0.39 is 20.0 Å². The van der Waals surface area contributed by atoms with Crippen molar-refractivity contribution in [3.8, 4) is 0 Å². The van der Waals surface area contributed by atoms with Crippen molar-refractivity contribution in [1.29, 1.82) is 0 Å². The Balaban J connectivity index is 2.97. The molecule has 0 aromatic heterocycles. The van der Waals surface area contributed by atoms with Crippen LogP contribution in [0.3, 0.4) is 0 Å². The monoisotopic (exact) mass is 334 g/mol. The van der Waals surface area contributed by atoms with Gasteiger partial charge in [0.05, 0.1) is 10.6 Å². The number of nitrogens with one attached hydrogen (secondary N) is 1. The van der Waals surface area contributed by atoms with E-state index in [1.165, 1.54) is 20.2 Å². The number of rotatable bonds is 8. The van der Waals surface area contributed by atoms with Crippen LogP contribution in [0.2, 0.25) is 0 Å². The number of sulfonamides is 2. The summed E-state index contributed by atoms with van der Waals surface area (Å²) >= 11 is 0. The fourth-order valence-electron chi connectivity index (χ4n) is 1.69. The van der Waals surface area contributed by atoms with Gasteiger partial charge in [-0.1, -0.05) is 31.5 Å². The molecule has 0 saturated heterocycles. The predicted octanol–water partition coefficient (Wildman–Crippen LogP) is 1.16. The molecule has 1 N–H and O–H groups in total. The fourth-order valence-corrected chi connectivity index (χ4v) is 4.00. The molecule has 0 spiro atoms. The first-order chi connectivity index (χ1) is 9.70. The maximum absolute atomic E-state index is 12.2. The Morgan fingerprint density at radius 1 is 1.10 bits per heavy atom. The summed E-state index contributed by atoms with van der Waals surface area (Å²) in [6.45, 7) is 1.88. The Morgan fingerprint density at radius 2 is 1.71 bits per heavy atom. The SMILES string of the molecule is CCCCS(=O)(=O)NCc1ccccc1S(=O)(=O)N(C)C. The Hall–Kier alpha value is -0.960. The van der Waals surface area contributed by atoms with Crippen molar-refractivity contribution < 1.29 is 16.8 Å². The van der Waals surface area contributed by atoms with Gasteiger partial charge in [0.1, 0.15) is 0 Å². The van der Waals surface area contributed by atoms with Crippen molar-refractivity contribution in [2.24, 2.45) is 0 Å². The quantitative estimate of drug-likeness (QED) is 0.773. The zero-order chi connectivity index (χ0) is 16.1. The Kier molecular flexibility index (Phi) is 6.33. The first-order valence-electron chi connectivity index (χ1n) is 6.68. The van der Waals surface area contributed by atoms with E-state index in [4.69, 9.17) is 0 Å². The van der Waals surface area contributed by atoms with Crippen molar-refractivity contribution in [1.82, 2.24) is 9.03 Å². The third-order valence-electron chi connectivity index (χ3n) is 2.98. The second kappa shape index (κ2) is 7.35. The van der Waals surface area contributed by atoms with Gasteiger partial charge >= 0.3 is 0 Å². The van der Waals surface area contributed by atoms with Crippen LogP contribution in [0.1, 0.15) is 25.3 Å². The van der Waals surface area contributed by atoms with Gasteiger partial charge in [0.25, 0.3) is 0 Å². The summed E-state index contributed by atoms with van der Waals surface area (Å²) < 4.78 is 51.5. The largest absolute Gasteiger partial charge is 0.242 e. The molecule has 0 radical (unpaired) electrons. The van der Waals surface area contributed by atoms with Crippen LogP contribution in [0.5, 0.6) is 0 Å². The molecule has 0 saturated carbocycles. The lowest BCUT2D eigenvalue weighted by Crippen LogP contribution is -2.28. The second-order valence-electron chi connectivity index (χ2n) is 4.89. The van der Waals surface area contributed by atoms with Crippen LogP contribution < -0.4 is 4.72 Å². The highest BCUT2D eigenvalue weighted by Crippen LogP contribution is 2.18. The van der Waals surface area contributed by atoms with Crippen LogP contribution in [-0.2, 0) is 26.6 Å². The standard InChI is InChI=1S/C13H22N2O4S2/c1-4-5-10-20(16,17)14-11-12-8-6-7-9-13(12)21(18,19)15(2)3/h6-9,14H,4-5,10-11H2,1-3H3. The van der Waals surface area contributed by atoms with Crippen LogP contribution >= 0.6 is 0 Å². The third-order valence-corrected chi connectivity index (χ3v) is 6.31. The lowest BCUT2D eigenvalue weighted by Gasteiger charge is -2.15. The van der Waals surface area contributed by atoms with Crippen molar-refractivity contribution in [2.75, 3.05) is 19.8 Å². The molecule has 6 nitrogen and oxygen atoms in total. The zero-order valence-electron chi connectivity index (χ0n) is 12.5. The van der Waals surface area contributed by atoms with Gasteiger partial charge in [-0.2, -0.15) is 0 Å². The van der Waals surface area contributed by atoms with Gasteiger partial charge in [-0.05, 0) is 18.1 Å². The molecule has 0 aliphatic heterocycles. The van der Waals surface area contributed by atoms with Gasteiger partial charge in [-0.15, -0.1) is 0 Å². The lowest BCUT2D eigenvalue weighted by atomic mass is 10.2. The van der Waals surface area contributed by atoms with E-state index in [2.05, 4.69) is 4.72 Å². The molecule has 120 valence electrons. The van der Waals surface area contributed by atoms with Crippen LogP contribution in [0.15, 0.2) is 29.2 Å². The third kappa shape index (κ3) is 5.06. The van der Waals surface area contributed by atoms with Crippen molar-refractivity contribution in [2.45, 2.75) is 31.2 Å². The lowest BCUT2D eigenvalue weighted by molar-refractivity contribution is 0.519. The molecule has 0 aliphatic rings. The van der Waals surface area contributed by atoms with Crippen LogP contribution in [-0.4, -0.2) is 41.0 Å². The summed E-state index contributed by atoms with van der Waals surface area (Å²) in [5.74, 6) is 0.0477. The van der Waals surface area contributed by atoms with Gasteiger partial charge in [-0.25, -0.2) is 25.9 Å². The second-order valence-corrected chi connectivity index (χ2v) is 8.94. The highest BCUT2D eigenvalue weighted by atomic mass is 32.2. The topological polar surface area (TPSA) is 83.5 Å². The smallest absolute Gasteiger partial charge is 0.212 e. The minimum absolute atomic E-state index is 0.0324. The molecule has 1 aromatic rings. The van der Waals surface area contributed by atoms with Crippen LogP contribution in [0, 0.1) is 0 Å². The molecule has 1 rings (SSSR count). The molecule has 0 heterocycles. The van der Waals surface area contributed by atoms with E-state index in [1.807, 2.05) is 6.92 Å². The number of nitrogens with zero attached hydrogens (tertiary/aromatic N) is 1. The molecule has 0 fully saturated rings.